The van der Waals surface area contributed by atoms with Crippen LogP contribution in [0.1, 0.15) is 45.1 Å². The van der Waals surface area contributed by atoms with Crippen molar-refractivity contribution in [1.82, 2.24) is 0 Å². The molecule has 1 aromatic rings. The molecular formula is C13H22N2O. The number of nitrogen functional groups attached to an aromatic ring is 1. The summed E-state index contributed by atoms with van der Waals surface area (Å²) in [7, 11) is 0. The molecule has 0 spiro atoms. The molecule has 0 heterocycles. The van der Waals surface area contributed by atoms with Crippen molar-refractivity contribution in [1.29, 1.82) is 0 Å². The normalized spacial score (nSPS) is 11.7. The summed E-state index contributed by atoms with van der Waals surface area (Å²) in [6.07, 6.45) is 3.90. The molecule has 0 bridgehead atoms. The zero-order valence-electron chi connectivity index (χ0n) is 10.2. The fourth-order valence-electron chi connectivity index (χ4n) is 2.16. The van der Waals surface area contributed by atoms with Crippen LogP contribution in [-0.4, -0.2) is 5.11 Å². The highest BCUT2D eigenvalue weighted by Gasteiger charge is 2.25. The van der Waals surface area contributed by atoms with Crippen molar-refractivity contribution in [3.63, 3.8) is 0 Å². The molecule has 0 fully saturated rings. The van der Waals surface area contributed by atoms with E-state index in [0.717, 1.165) is 31.2 Å². The van der Waals surface area contributed by atoms with Crippen LogP contribution in [0.25, 0.3) is 0 Å². The van der Waals surface area contributed by atoms with Crippen LogP contribution in [0.5, 0.6) is 5.75 Å². The zero-order chi connectivity index (χ0) is 12.2. The van der Waals surface area contributed by atoms with Crippen LogP contribution < -0.4 is 11.5 Å². The van der Waals surface area contributed by atoms with Gasteiger partial charge >= 0.3 is 0 Å². The number of phenols is 1. The molecule has 0 radical (unpaired) electrons. The number of rotatable bonds is 5. The van der Waals surface area contributed by atoms with Crippen LogP contribution in [-0.2, 0) is 5.54 Å². The Balaban J connectivity index is 3.05. The first-order valence-corrected chi connectivity index (χ1v) is 5.91. The zero-order valence-corrected chi connectivity index (χ0v) is 10.2. The minimum absolute atomic E-state index is 0.125. The maximum atomic E-state index is 9.62. The van der Waals surface area contributed by atoms with Crippen molar-refractivity contribution in [3.05, 3.63) is 23.8 Å². The molecule has 0 aromatic heterocycles. The standard InChI is InChI=1S/C13H22N2O/c1-3-7-13(15,8-4-2)10-5-6-11(14)12(16)9-10/h5-6,9,16H,3-4,7-8,14-15H2,1-2H3. The summed E-state index contributed by atoms with van der Waals surface area (Å²) in [6, 6.07) is 5.33. The van der Waals surface area contributed by atoms with Gasteiger partial charge in [-0.1, -0.05) is 32.8 Å². The number of nitrogens with two attached hydrogens (primary N) is 2. The van der Waals surface area contributed by atoms with Gasteiger partial charge in [0, 0.05) is 5.54 Å². The Morgan fingerprint density at radius 3 is 2.19 bits per heavy atom. The summed E-state index contributed by atoms with van der Waals surface area (Å²) < 4.78 is 0. The Labute approximate surface area is 97.5 Å². The summed E-state index contributed by atoms with van der Waals surface area (Å²) in [6.45, 7) is 4.24. The summed E-state index contributed by atoms with van der Waals surface area (Å²) >= 11 is 0. The van der Waals surface area contributed by atoms with E-state index in [9.17, 15) is 5.11 Å². The summed E-state index contributed by atoms with van der Waals surface area (Å²) in [4.78, 5) is 0. The van der Waals surface area contributed by atoms with Gasteiger partial charge in [-0.25, -0.2) is 0 Å². The lowest BCUT2D eigenvalue weighted by Gasteiger charge is -2.30. The minimum Gasteiger partial charge on any atom is -0.506 e. The highest BCUT2D eigenvalue weighted by molar-refractivity contribution is 5.54. The van der Waals surface area contributed by atoms with Gasteiger partial charge in [-0.05, 0) is 30.5 Å². The predicted octanol–water partition coefficient (Wildman–Crippen LogP) is 2.73. The second kappa shape index (κ2) is 5.21. The first kappa shape index (κ1) is 12.8. The highest BCUT2D eigenvalue weighted by atomic mass is 16.3. The van der Waals surface area contributed by atoms with E-state index >= 15 is 0 Å². The Morgan fingerprint density at radius 1 is 1.19 bits per heavy atom. The third kappa shape index (κ3) is 2.67. The molecule has 1 aromatic carbocycles. The number of phenolic OH excluding ortho intramolecular Hbond substituents is 1. The average molecular weight is 222 g/mol. The largest absolute Gasteiger partial charge is 0.506 e. The number of anilines is 1. The van der Waals surface area contributed by atoms with E-state index in [4.69, 9.17) is 11.5 Å². The van der Waals surface area contributed by atoms with E-state index in [1.807, 2.05) is 6.07 Å². The molecule has 0 aliphatic rings. The molecule has 0 aliphatic heterocycles. The van der Waals surface area contributed by atoms with Gasteiger partial charge < -0.3 is 16.6 Å². The molecule has 0 saturated heterocycles. The van der Waals surface area contributed by atoms with Gasteiger partial charge in [0.2, 0.25) is 0 Å². The van der Waals surface area contributed by atoms with E-state index in [2.05, 4.69) is 13.8 Å². The van der Waals surface area contributed by atoms with Gasteiger partial charge in [0.1, 0.15) is 5.75 Å². The van der Waals surface area contributed by atoms with Gasteiger partial charge in [-0.15, -0.1) is 0 Å². The number of aromatic hydroxyl groups is 1. The summed E-state index contributed by atoms with van der Waals surface area (Å²) in [5, 5.41) is 9.62. The Kier molecular flexibility index (Phi) is 4.19. The monoisotopic (exact) mass is 222 g/mol. The molecule has 90 valence electrons. The quantitative estimate of drug-likeness (QED) is 0.530. The second-order valence-electron chi connectivity index (χ2n) is 4.43. The maximum absolute atomic E-state index is 9.62. The van der Waals surface area contributed by atoms with Crippen molar-refractivity contribution in [2.75, 3.05) is 5.73 Å². The van der Waals surface area contributed by atoms with Crippen LogP contribution >= 0.6 is 0 Å². The molecule has 0 saturated carbocycles. The molecule has 16 heavy (non-hydrogen) atoms. The molecule has 3 heteroatoms. The lowest BCUT2D eigenvalue weighted by Crippen LogP contribution is -2.36. The lowest BCUT2D eigenvalue weighted by atomic mass is 9.82. The third-order valence-corrected chi connectivity index (χ3v) is 3.00. The van der Waals surface area contributed by atoms with Crippen LogP contribution in [0.15, 0.2) is 18.2 Å². The van der Waals surface area contributed by atoms with Gasteiger partial charge in [-0.2, -0.15) is 0 Å². The predicted molar refractivity (Wildman–Crippen MR) is 68.2 cm³/mol. The Morgan fingerprint density at radius 2 is 1.75 bits per heavy atom. The molecule has 0 aliphatic carbocycles. The molecule has 0 atom stereocenters. The van der Waals surface area contributed by atoms with Crippen LogP contribution in [0, 0.1) is 0 Å². The smallest absolute Gasteiger partial charge is 0.138 e. The fourth-order valence-corrected chi connectivity index (χ4v) is 2.16. The summed E-state index contributed by atoms with van der Waals surface area (Å²) in [5.74, 6) is 0.125. The van der Waals surface area contributed by atoms with Gasteiger partial charge in [0.15, 0.2) is 0 Å². The third-order valence-electron chi connectivity index (χ3n) is 3.00. The molecule has 3 nitrogen and oxygen atoms in total. The van der Waals surface area contributed by atoms with E-state index in [1.165, 1.54) is 0 Å². The van der Waals surface area contributed by atoms with Crippen molar-refractivity contribution >= 4 is 5.69 Å². The van der Waals surface area contributed by atoms with Gasteiger partial charge in [0.05, 0.1) is 5.69 Å². The Bertz CT molecular complexity index is 344. The maximum Gasteiger partial charge on any atom is 0.138 e. The van der Waals surface area contributed by atoms with Crippen molar-refractivity contribution in [2.24, 2.45) is 5.73 Å². The number of hydrogen-bond acceptors (Lipinski definition) is 3. The van der Waals surface area contributed by atoms with E-state index in [0.29, 0.717) is 5.69 Å². The van der Waals surface area contributed by atoms with Crippen molar-refractivity contribution < 1.29 is 5.11 Å². The Hall–Kier alpha value is -1.22. The van der Waals surface area contributed by atoms with E-state index < -0.39 is 0 Å². The molecule has 5 N–H and O–H groups in total. The fraction of sp³-hybridized carbons (Fsp3) is 0.538. The molecule has 0 amide bonds. The topological polar surface area (TPSA) is 72.3 Å². The van der Waals surface area contributed by atoms with Crippen molar-refractivity contribution in [2.45, 2.75) is 45.1 Å². The molecule has 0 unspecified atom stereocenters. The van der Waals surface area contributed by atoms with Crippen LogP contribution in [0.4, 0.5) is 5.69 Å². The van der Waals surface area contributed by atoms with Crippen LogP contribution in [0.2, 0.25) is 0 Å². The second-order valence-corrected chi connectivity index (χ2v) is 4.43. The van der Waals surface area contributed by atoms with Gasteiger partial charge in [-0.3, -0.25) is 0 Å². The first-order valence-electron chi connectivity index (χ1n) is 5.91. The highest BCUT2D eigenvalue weighted by Crippen LogP contribution is 2.32. The first-order chi connectivity index (χ1) is 7.53. The SMILES string of the molecule is CCCC(N)(CCC)c1ccc(N)c(O)c1. The molecular weight excluding hydrogens is 200 g/mol. The van der Waals surface area contributed by atoms with Crippen LogP contribution in [0.3, 0.4) is 0 Å². The van der Waals surface area contributed by atoms with E-state index in [1.54, 1.807) is 12.1 Å². The summed E-state index contributed by atoms with van der Waals surface area (Å²) in [5.41, 5.74) is 13.0. The average Bonchev–Trinajstić information content (AvgIpc) is 2.22. The van der Waals surface area contributed by atoms with Crippen molar-refractivity contribution in [3.8, 4) is 5.75 Å². The van der Waals surface area contributed by atoms with E-state index in [-0.39, 0.29) is 11.3 Å². The minimum atomic E-state index is -0.339. The number of hydrogen-bond donors (Lipinski definition) is 3. The number of benzene rings is 1. The van der Waals surface area contributed by atoms with Gasteiger partial charge in [0.25, 0.3) is 0 Å². The lowest BCUT2D eigenvalue weighted by molar-refractivity contribution is 0.367. The molecule has 1 rings (SSSR count).